The lowest BCUT2D eigenvalue weighted by molar-refractivity contribution is -0.134. The van der Waals surface area contributed by atoms with Gasteiger partial charge in [0.1, 0.15) is 6.42 Å². The van der Waals surface area contributed by atoms with Crippen molar-refractivity contribution in [1.82, 2.24) is 4.90 Å². The van der Waals surface area contributed by atoms with E-state index in [1.54, 1.807) is 4.90 Å². The number of nitrogens with one attached hydrogen (secondary N) is 1. The van der Waals surface area contributed by atoms with Gasteiger partial charge in [-0.25, -0.2) is 0 Å². The highest BCUT2D eigenvalue weighted by atomic mass is 16.2. The van der Waals surface area contributed by atoms with E-state index in [0.29, 0.717) is 13.1 Å². The average Bonchev–Trinajstić information content (AvgIpc) is 2.64. The van der Waals surface area contributed by atoms with Crippen molar-refractivity contribution < 1.29 is 9.59 Å². The predicted molar refractivity (Wildman–Crippen MR) is 99.7 cm³/mol. The van der Waals surface area contributed by atoms with Gasteiger partial charge in [-0.2, -0.15) is 0 Å². The maximum Gasteiger partial charge on any atom is 0.233 e. The molecule has 0 bridgehead atoms. The number of aryl methyl sites for hydroxylation is 1. The third-order valence-corrected chi connectivity index (χ3v) is 4.48. The molecule has 1 fully saturated rings. The summed E-state index contributed by atoms with van der Waals surface area (Å²) in [5.41, 5.74) is 2.92. The van der Waals surface area contributed by atoms with Crippen molar-refractivity contribution in [2.75, 3.05) is 36.4 Å². The number of rotatable bonds is 4. The largest absolute Gasteiger partial charge is 0.368 e. The molecule has 0 atom stereocenters. The highest BCUT2D eigenvalue weighted by molar-refractivity contribution is 6.03. The molecule has 0 aromatic heterocycles. The van der Waals surface area contributed by atoms with Gasteiger partial charge in [0, 0.05) is 37.6 Å². The highest BCUT2D eigenvalue weighted by Crippen LogP contribution is 2.16. The standard InChI is InChI=1S/C20H23N3O2/c1-16-7-5-6-10-18(16)21-19(24)15-20(25)23-13-11-22(12-14-23)17-8-3-2-4-9-17/h2-10H,11-15H2,1H3,(H,21,24). The second kappa shape index (κ2) is 7.83. The lowest BCUT2D eigenvalue weighted by Gasteiger charge is -2.36. The average molecular weight is 337 g/mol. The van der Waals surface area contributed by atoms with Gasteiger partial charge >= 0.3 is 0 Å². The molecule has 0 saturated carbocycles. The van der Waals surface area contributed by atoms with Gasteiger partial charge in [0.2, 0.25) is 11.8 Å². The summed E-state index contributed by atoms with van der Waals surface area (Å²) in [6, 6.07) is 17.7. The van der Waals surface area contributed by atoms with Gasteiger partial charge < -0.3 is 15.1 Å². The molecule has 2 aromatic carbocycles. The minimum Gasteiger partial charge on any atom is -0.368 e. The molecule has 1 aliphatic rings. The first-order valence-corrected chi connectivity index (χ1v) is 8.57. The Morgan fingerprint density at radius 1 is 0.920 bits per heavy atom. The van der Waals surface area contributed by atoms with Crippen molar-refractivity contribution in [2.45, 2.75) is 13.3 Å². The first-order valence-electron chi connectivity index (χ1n) is 8.57. The predicted octanol–water partition coefficient (Wildman–Crippen LogP) is 2.67. The van der Waals surface area contributed by atoms with Crippen LogP contribution in [-0.2, 0) is 9.59 Å². The summed E-state index contributed by atoms with van der Waals surface area (Å²) in [5.74, 6) is -0.372. The summed E-state index contributed by atoms with van der Waals surface area (Å²) < 4.78 is 0. The number of hydrogen-bond acceptors (Lipinski definition) is 3. The number of benzene rings is 2. The van der Waals surface area contributed by atoms with Crippen molar-refractivity contribution in [2.24, 2.45) is 0 Å². The van der Waals surface area contributed by atoms with E-state index < -0.39 is 0 Å². The molecule has 130 valence electrons. The molecule has 5 nitrogen and oxygen atoms in total. The Hall–Kier alpha value is -2.82. The topological polar surface area (TPSA) is 52.7 Å². The van der Waals surface area contributed by atoms with Gasteiger partial charge in [-0.15, -0.1) is 0 Å². The first kappa shape index (κ1) is 17.0. The molecule has 0 radical (unpaired) electrons. The molecule has 2 amide bonds. The Labute approximate surface area is 148 Å². The van der Waals surface area contributed by atoms with E-state index in [1.165, 1.54) is 5.69 Å². The van der Waals surface area contributed by atoms with Crippen molar-refractivity contribution in [3.05, 3.63) is 60.2 Å². The Bertz CT molecular complexity index is 738. The van der Waals surface area contributed by atoms with Crippen molar-refractivity contribution >= 4 is 23.2 Å². The van der Waals surface area contributed by atoms with Crippen LogP contribution in [0.3, 0.4) is 0 Å². The smallest absolute Gasteiger partial charge is 0.233 e. The summed E-state index contributed by atoms with van der Waals surface area (Å²) in [7, 11) is 0. The second-order valence-corrected chi connectivity index (χ2v) is 6.24. The van der Waals surface area contributed by atoms with E-state index in [4.69, 9.17) is 0 Å². The van der Waals surface area contributed by atoms with Gasteiger partial charge in [-0.1, -0.05) is 36.4 Å². The van der Waals surface area contributed by atoms with Crippen molar-refractivity contribution in [3.63, 3.8) is 0 Å². The van der Waals surface area contributed by atoms with E-state index in [2.05, 4.69) is 22.3 Å². The molecule has 25 heavy (non-hydrogen) atoms. The summed E-state index contributed by atoms with van der Waals surface area (Å²) in [6.07, 6.45) is -0.111. The Morgan fingerprint density at radius 2 is 1.56 bits per heavy atom. The molecule has 1 saturated heterocycles. The third-order valence-electron chi connectivity index (χ3n) is 4.48. The zero-order valence-corrected chi connectivity index (χ0v) is 14.4. The number of nitrogens with zero attached hydrogens (tertiary/aromatic N) is 2. The summed E-state index contributed by atoms with van der Waals surface area (Å²) >= 11 is 0. The monoisotopic (exact) mass is 337 g/mol. The van der Waals surface area contributed by atoms with Crippen LogP contribution in [0.5, 0.6) is 0 Å². The van der Waals surface area contributed by atoms with Crippen LogP contribution in [0.15, 0.2) is 54.6 Å². The van der Waals surface area contributed by atoms with Crippen LogP contribution in [0.25, 0.3) is 0 Å². The number of amides is 2. The van der Waals surface area contributed by atoms with Crippen LogP contribution in [0.4, 0.5) is 11.4 Å². The van der Waals surface area contributed by atoms with Crippen LogP contribution < -0.4 is 10.2 Å². The maximum absolute atomic E-state index is 12.4. The lowest BCUT2D eigenvalue weighted by atomic mass is 10.2. The fourth-order valence-corrected chi connectivity index (χ4v) is 3.01. The van der Waals surface area contributed by atoms with E-state index >= 15 is 0 Å². The first-order chi connectivity index (χ1) is 12.1. The molecule has 3 rings (SSSR count). The normalized spacial score (nSPS) is 14.3. The van der Waals surface area contributed by atoms with Gasteiger partial charge in [0.15, 0.2) is 0 Å². The van der Waals surface area contributed by atoms with Crippen LogP contribution in [0, 0.1) is 6.92 Å². The minimum absolute atomic E-state index is 0.111. The Kier molecular flexibility index (Phi) is 5.33. The van der Waals surface area contributed by atoms with Gasteiger partial charge in [-0.05, 0) is 30.7 Å². The zero-order chi connectivity index (χ0) is 17.6. The van der Waals surface area contributed by atoms with Crippen LogP contribution in [0.1, 0.15) is 12.0 Å². The van der Waals surface area contributed by atoms with Gasteiger partial charge in [0.05, 0.1) is 0 Å². The number of para-hydroxylation sites is 2. The van der Waals surface area contributed by atoms with E-state index in [-0.39, 0.29) is 18.2 Å². The molecule has 0 spiro atoms. The number of carbonyl (C=O) groups excluding carboxylic acids is 2. The number of anilines is 2. The maximum atomic E-state index is 12.4. The summed E-state index contributed by atoms with van der Waals surface area (Å²) in [4.78, 5) is 28.5. The number of piperazine rings is 1. The zero-order valence-electron chi connectivity index (χ0n) is 14.4. The molecular weight excluding hydrogens is 314 g/mol. The second-order valence-electron chi connectivity index (χ2n) is 6.24. The molecule has 5 heteroatoms. The van der Waals surface area contributed by atoms with Gasteiger partial charge in [-0.3, -0.25) is 9.59 Å². The molecule has 2 aromatic rings. The molecule has 1 heterocycles. The van der Waals surface area contributed by atoms with E-state index in [1.807, 2.05) is 49.4 Å². The fraction of sp³-hybridized carbons (Fsp3) is 0.300. The lowest BCUT2D eigenvalue weighted by Crippen LogP contribution is -2.49. The molecule has 1 aliphatic heterocycles. The Balaban J connectivity index is 1.49. The summed E-state index contributed by atoms with van der Waals surface area (Å²) in [5, 5.41) is 2.82. The van der Waals surface area contributed by atoms with Crippen LogP contribution in [0.2, 0.25) is 0 Å². The van der Waals surface area contributed by atoms with Crippen molar-refractivity contribution in [3.8, 4) is 0 Å². The van der Waals surface area contributed by atoms with E-state index in [9.17, 15) is 9.59 Å². The quantitative estimate of drug-likeness (QED) is 0.873. The third kappa shape index (κ3) is 4.38. The summed E-state index contributed by atoms with van der Waals surface area (Å²) in [6.45, 7) is 4.79. The van der Waals surface area contributed by atoms with E-state index in [0.717, 1.165) is 24.3 Å². The molecule has 0 unspecified atom stereocenters. The van der Waals surface area contributed by atoms with Gasteiger partial charge in [0.25, 0.3) is 0 Å². The van der Waals surface area contributed by atoms with Crippen LogP contribution in [-0.4, -0.2) is 42.9 Å². The minimum atomic E-state index is -0.259. The SMILES string of the molecule is Cc1ccccc1NC(=O)CC(=O)N1CCN(c2ccccc2)CC1. The van der Waals surface area contributed by atoms with Crippen LogP contribution >= 0.6 is 0 Å². The Morgan fingerprint density at radius 3 is 2.24 bits per heavy atom. The van der Waals surface area contributed by atoms with Crippen molar-refractivity contribution in [1.29, 1.82) is 0 Å². The number of hydrogen-bond donors (Lipinski definition) is 1. The molecule has 0 aliphatic carbocycles. The highest BCUT2D eigenvalue weighted by Gasteiger charge is 2.23. The fourth-order valence-electron chi connectivity index (χ4n) is 3.01. The number of carbonyl (C=O) groups is 2. The molecule has 1 N–H and O–H groups in total. The molecular formula is C20H23N3O2.